The second kappa shape index (κ2) is 4.54. The van der Waals surface area contributed by atoms with Gasteiger partial charge in [-0.3, -0.25) is 0 Å². The van der Waals surface area contributed by atoms with E-state index in [-0.39, 0.29) is 0 Å². The molecule has 2 aromatic rings. The third-order valence-corrected chi connectivity index (χ3v) is 4.89. The summed E-state index contributed by atoms with van der Waals surface area (Å²) in [4.78, 5) is 1.94. The third kappa shape index (κ3) is 1.65. The Morgan fingerprint density at radius 3 is 2.67 bits per heavy atom. The maximum absolute atomic E-state index is 12.6. The number of rotatable bonds is 3. The van der Waals surface area contributed by atoms with E-state index in [9.17, 15) is 4.21 Å². The molecular formula is C16H14OS. The van der Waals surface area contributed by atoms with Crippen molar-refractivity contribution in [3.8, 4) is 11.1 Å². The van der Waals surface area contributed by atoms with Gasteiger partial charge in [-0.2, -0.15) is 0 Å². The van der Waals surface area contributed by atoms with Crippen LogP contribution in [0.3, 0.4) is 0 Å². The molecule has 0 bridgehead atoms. The summed E-state index contributed by atoms with van der Waals surface area (Å²) in [6.45, 7) is 3.75. The monoisotopic (exact) mass is 254 g/mol. The van der Waals surface area contributed by atoms with Crippen LogP contribution < -0.4 is 0 Å². The van der Waals surface area contributed by atoms with Crippen LogP contribution in [0.25, 0.3) is 11.1 Å². The Morgan fingerprint density at radius 1 is 1.06 bits per heavy atom. The van der Waals surface area contributed by atoms with E-state index in [1.165, 1.54) is 5.56 Å². The van der Waals surface area contributed by atoms with Crippen LogP contribution in [-0.4, -0.2) is 4.21 Å². The van der Waals surface area contributed by atoms with E-state index in [1.807, 2.05) is 24.3 Å². The molecule has 1 aliphatic heterocycles. The molecule has 0 amide bonds. The molecule has 1 aliphatic rings. The second-order valence-corrected chi connectivity index (χ2v) is 5.77. The molecule has 0 radical (unpaired) electrons. The van der Waals surface area contributed by atoms with Crippen molar-refractivity contribution < 1.29 is 4.21 Å². The average molecular weight is 254 g/mol. The van der Waals surface area contributed by atoms with Crippen LogP contribution in [0, 0.1) is 0 Å². The lowest BCUT2D eigenvalue weighted by molar-refractivity contribution is 0.684. The predicted molar refractivity (Wildman–Crippen MR) is 75.1 cm³/mol. The summed E-state index contributed by atoms with van der Waals surface area (Å²) in [7, 11) is -1.02. The first kappa shape index (κ1) is 11.4. The van der Waals surface area contributed by atoms with Crippen LogP contribution in [0.2, 0.25) is 0 Å². The van der Waals surface area contributed by atoms with Crippen LogP contribution in [0.4, 0.5) is 0 Å². The minimum atomic E-state index is -1.02. The maximum atomic E-state index is 12.6. The number of hydrogen-bond donors (Lipinski definition) is 0. The lowest BCUT2D eigenvalue weighted by Crippen LogP contribution is -1.94. The zero-order valence-electron chi connectivity index (χ0n) is 10.1. The van der Waals surface area contributed by atoms with Crippen molar-refractivity contribution in [1.82, 2.24) is 0 Å². The van der Waals surface area contributed by atoms with Gasteiger partial charge < -0.3 is 0 Å². The Morgan fingerprint density at radius 2 is 1.83 bits per heavy atom. The Kier molecular flexibility index (Phi) is 2.88. The molecule has 0 aromatic heterocycles. The highest BCUT2D eigenvalue weighted by Gasteiger charge is 2.26. The smallest absolute Gasteiger partial charge is 0.0865 e. The second-order valence-electron chi connectivity index (χ2n) is 4.39. The standard InChI is InChI=1S/C16H14OS/c1-2-3-7-12-8-6-10-14-13-9-4-5-11-15(13)18(17)16(12)14/h2,4-6,8-11H,1,3,7H2. The highest BCUT2D eigenvalue weighted by atomic mass is 32.2. The van der Waals surface area contributed by atoms with Gasteiger partial charge in [0.2, 0.25) is 0 Å². The Labute approximate surface area is 110 Å². The molecule has 0 spiro atoms. The van der Waals surface area contributed by atoms with Crippen LogP contribution in [0.1, 0.15) is 12.0 Å². The van der Waals surface area contributed by atoms with Gasteiger partial charge in [0.15, 0.2) is 0 Å². The SMILES string of the molecule is C=CCCc1cccc2c1S(=O)c1ccccc1-2. The molecule has 1 heterocycles. The van der Waals surface area contributed by atoms with E-state index in [0.717, 1.165) is 33.8 Å². The summed E-state index contributed by atoms with van der Waals surface area (Å²) in [6.07, 6.45) is 3.74. The number of aryl methyl sites for hydroxylation is 1. The largest absolute Gasteiger partial charge is 0.249 e. The van der Waals surface area contributed by atoms with Gasteiger partial charge in [0, 0.05) is 0 Å². The Balaban J connectivity index is 2.18. The van der Waals surface area contributed by atoms with Crippen molar-refractivity contribution in [3.63, 3.8) is 0 Å². The van der Waals surface area contributed by atoms with Crippen molar-refractivity contribution in [3.05, 3.63) is 60.7 Å². The molecule has 3 rings (SSSR count). The summed E-state index contributed by atoms with van der Waals surface area (Å²) in [5, 5.41) is 0. The summed E-state index contributed by atoms with van der Waals surface area (Å²) in [6, 6.07) is 14.2. The Hall–Kier alpha value is -1.67. The van der Waals surface area contributed by atoms with Gasteiger partial charge >= 0.3 is 0 Å². The first-order valence-electron chi connectivity index (χ1n) is 6.07. The zero-order valence-corrected chi connectivity index (χ0v) is 10.9. The van der Waals surface area contributed by atoms with Gasteiger partial charge in [0.25, 0.3) is 0 Å². The van der Waals surface area contributed by atoms with Gasteiger partial charge in [0.1, 0.15) is 0 Å². The molecule has 0 saturated carbocycles. The van der Waals surface area contributed by atoms with Gasteiger partial charge in [-0.25, -0.2) is 4.21 Å². The van der Waals surface area contributed by atoms with Gasteiger partial charge in [-0.15, -0.1) is 6.58 Å². The maximum Gasteiger partial charge on any atom is 0.0865 e. The number of hydrogen-bond acceptors (Lipinski definition) is 1. The minimum absolute atomic E-state index is 0.909. The normalized spacial score (nSPS) is 16.1. The fourth-order valence-electron chi connectivity index (χ4n) is 2.43. The first-order valence-corrected chi connectivity index (χ1v) is 7.22. The predicted octanol–water partition coefficient (Wildman–Crippen LogP) is 3.95. The topological polar surface area (TPSA) is 17.1 Å². The molecule has 0 saturated heterocycles. The molecule has 0 aliphatic carbocycles. The van der Waals surface area contributed by atoms with Crippen molar-refractivity contribution in [2.75, 3.05) is 0 Å². The molecule has 0 N–H and O–H groups in total. The van der Waals surface area contributed by atoms with E-state index in [2.05, 4.69) is 30.8 Å². The lowest BCUT2D eigenvalue weighted by atomic mass is 10.0. The van der Waals surface area contributed by atoms with Crippen LogP contribution in [-0.2, 0) is 17.2 Å². The highest BCUT2D eigenvalue weighted by molar-refractivity contribution is 7.85. The molecule has 2 heteroatoms. The molecule has 1 atom stereocenters. The van der Waals surface area contributed by atoms with Gasteiger partial charge in [-0.1, -0.05) is 42.5 Å². The summed E-state index contributed by atoms with van der Waals surface area (Å²) in [5.74, 6) is 0. The fourth-order valence-corrected chi connectivity index (χ4v) is 4.02. The summed E-state index contributed by atoms with van der Waals surface area (Å²) >= 11 is 0. The quantitative estimate of drug-likeness (QED) is 0.647. The molecule has 1 unspecified atom stereocenters. The van der Waals surface area contributed by atoms with Crippen LogP contribution in [0.5, 0.6) is 0 Å². The fraction of sp³-hybridized carbons (Fsp3) is 0.125. The van der Waals surface area contributed by atoms with Gasteiger partial charge in [0.05, 0.1) is 20.6 Å². The average Bonchev–Trinajstić information content (AvgIpc) is 2.72. The Bertz CT molecular complexity index is 643. The number of benzene rings is 2. The van der Waals surface area contributed by atoms with Crippen LogP contribution in [0.15, 0.2) is 64.9 Å². The van der Waals surface area contributed by atoms with Crippen LogP contribution >= 0.6 is 0 Å². The third-order valence-electron chi connectivity index (χ3n) is 3.28. The highest BCUT2D eigenvalue weighted by Crippen LogP contribution is 2.42. The van der Waals surface area contributed by atoms with E-state index in [1.54, 1.807) is 0 Å². The zero-order chi connectivity index (χ0) is 12.5. The molecule has 1 nitrogen and oxygen atoms in total. The molecular weight excluding hydrogens is 240 g/mol. The van der Waals surface area contributed by atoms with Gasteiger partial charge in [-0.05, 0) is 35.6 Å². The van der Waals surface area contributed by atoms with Crippen molar-refractivity contribution >= 4 is 10.8 Å². The minimum Gasteiger partial charge on any atom is -0.249 e. The van der Waals surface area contributed by atoms with Crippen molar-refractivity contribution in [2.24, 2.45) is 0 Å². The summed E-state index contributed by atoms with van der Waals surface area (Å²) < 4.78 is 12.6. The molecule has 18 heavy (non-hydrogen) atoms. The van der Waals surface area contributed by atoms with E-state index in [4.69, 9.17) is 0 Å². The van der Waals surface area contributed by atoms with E-state index >= 15 is 0 Å². The van der Waals surface area contributed by atoms with E-state index < -0.39 is 10.8 Å². The van der Waals surface area contributed by atoms with E-state index in [0.29, 0.717) is 0 Å². The first-order chi connectivity index (χ1) is 8.83. The number of allylic oxidation sites excluding steroid dienone is 1. The summed E-state index contributed by atoms with van der Waals surface area (Å²) in [5.41, 5.74) is 3.43. The van der Waals surface area contributed by atoms with Crippen molar-refractivity contribution in [2.45, 2.75) is 22.6 Å². The lowest BCUT2D eigenvalue weighted by Gasteiger charge is -2.05. The molecule has 0 fully saturated rings. The molecule has 90 valence electrons. The number of fused-ring (bicyclic) bond motifs is 3. The molecule has 2 aromatic carbocycles. The van der Waals surface area contributed by atoms with Crippen molar-refractivity contribution in [1.29, 1.82) is 0 Å².